The van der Waals surface area contributed by atoms with Crippen molar-refractivity contribution in [2.24, 2.45) is 0 Å². The second-order valence-electron chi connectivity index (χ2n) is 4.11. The van der Waals surface area contributed by atoms with Crippen LogP contribution in [0.1, 0.15) is 31.7 Å². The summed E-state index contributed by atoms with van der Waals surface area (Å²) in [6.45, 7) is 7.95. The maximum Gasteiger partial charge on any atom is 0.0778 e. The molecular weight excluding hydrogens is 228 g/mol. The summed E-state index contributed by atoms with van der Waals surface area (Å²) in [4.78, 5) is 0.853. The largest absolute Gasteiger partial charge is 0.250 e. The predicted molar refractivity (Wildman–Crippen MR) is 75.4 cm³/mol. The van der Waals surface area contributed by atoms with Gasteiger partial charge in [-0.2, -0.15) is 0 Å². The maximum atomic E-state index is 12.1. The molecule has 1 unspecified atom stereocenters. The van der Waals surface area contributed by atoms with E-state index in [4.69, 9.17) is 0 Å². The normalized spacial score (nSPS) is 13.4. The second-order valence-corrected chi connectivity index (χ2v) is 5.41. The molecule has 1 atom stereocenters. The molecule has 0 saturated heterocycles. The summed E-state index contributed by atoms with van der Waals surface area (Å²) in [6.07, 6.45) is 5.02. The van der Waals surface area contributed by atoms with Gasteiger partial charge in [0.05, 0.1) is 10.8 Å². The van der Waals surface area contributed by atoms with E-state index >= 15 is 0 Å². The highest BCUT2D eigenvalue weighted by Crippen LogP contribution is 2.14. The first-order valence-electron chi connectivity index (χ1n) is 5.97. The molecular formula is C15H20OS. The molecule has 1 nitrogen and oxygen atoms in total. The molecule has 1 aromatic carbocycles. The standard InChI is InChI=1S/C15H20OS/c1-4-6-7-14(5-2)12-17(16)15-10-8-13(3)9-11-15/h5,8-12H,2,4,6-7H2,1,3H3/b14-12-. The first kappa shape index (κ1) is 13.9. The highest BCUT2D eigenvalue weighted by Gasteiger charge is 2.01. The zero-order valence-corrected chi connectivity index (χ0v) is 11.4. The van der Waals surface area contributed by atoms with Gasteiger partial charge in [0.25, 0.3) is 0 Å². The Morgan fingerprint density at radius 1 is 1.35 bits per heavy atom. The van der Waals surface area contributed by atoms with E-state index in [2.05, 4.69) is 13.5 Å². The minimum atomic E-state index is -1.06. The van der Waals surface area contributed by atoms with Crippen LogP contribution in [0.25, 0.3) is 0 Å². The van der Waals surface area contributed by atoms with Crippen molar-refractivity contribution in [1.82, 2.24) is 0 Å². The number of unbranched alkanes of at least 4 members (excludes halogenated alkanes) is 1. The SMILES string of the molecule is C=C/C(=C/S(=O)c1ccc(C)cc1)CCCC. The summed E-state index contributed by atoms with van der Waals surface area (Å²) in [5, 5.41) is 1.81. The van der Waals surface area contributed by atoms with Crippen LogP contribution in [-0.2, 0) is 10.8 Å². The Kier molecular flexibility index (Phi) is 5.92. The summed E-state index contributed by atoms with van der Waals surface area (Å²) in [5.41, 5.74) is 2.26. The molecule has 1 aromatic rings. The van der Waals surface area contributed by atoms with Crippen LogP contribution in [0.3, 0.4) is 0 Å². The highest BCUT2D eigenvalue weighted by molar-refractivity contribution is 7.88. The summed E-state index contributed by atoms with van der Waals surface area (Å²) in [5.74, 6) is 0. The lowest BCUT2D eigenvalue weighted by Gasteiger charge is -2.02. The molecule has 0 heterocycles. The van der Waals surface area contributed by atoms with Gasteiger partial charge in [0.15, 0.2) is 0 Å². The number of rotatable bonds is 6. The smallest absolute Gasteiger partial charge is 0.0778 e. The van der Waals surface area contributed by atoms with Crippen LogP contribution in [0.15, 0.2) is 52.8 Å². The van der Waals surface area contributed by atoms with Crippen LogP contribution in [-0.4, -0.2) is 4.21 Å². The van der Waals surface area contributed by atoms with Crippen LogP contribution < -0.4 is 0 Å². The van der Waals surface area contributed by atoms with E-state index in [9.17, 15) is 4.21 Å². The third kappa shape index (κ3) is 4.70. The number of hydrogen-bond acceptors (Lipinski definition) is 1. The van der Waals surface area contributed by atoms with Crippen molar-refractivity contribution in [3.63, 3.8) is 0 Å². The molecule has 0 fully saturated rings. The monoisotopic (exact) mass is 248 g/mol. The van der Waals surface area contributed by atoms with E-state index in [-0.39, 0.29) is 0 Å². The van der Waals surface area contributed by atoms with Gasteiger partial charge < -0.3 is 0 Å². The van der Waals surface area contributed by atoms with Crippen molar-refractivity contribution < 1.29 is 4.21 Å². The van der Waals surface area contributed by atoms with Crippen LogP contribution >= 0.6 is 0 Å². The second kappa shape index (κ2) is 7.23. The van der Waals surface area contributed by atoms with Gasteiger partial charge in [0, 0.05) is 10.3 Å². The van der Waals surface area contributed by atoms with Gasteiger partial charge >= 0.3 is 0 Å². The molecule has 0 aliphatic rings. The summed E-state index contributed by atoms with van der Waals surface area (Å²) < 4.78 is 12.1. The van der Waals surface area contributed by atoms with Crippen LogP contribution in [0.2, 0.25) is 0 Å². The van der Waals surface area contributed by atoms with Crippen molar-refractivity contribution >= 4 is 10.8 Å². The fourth-order valence-electron chi connectivity index (χ4n) is 1.47. The van der Waals surface area contributed by atoms with Crippen molar-refractivity contribution in [1.29, 1.82) is 0 Å². The Morgan fingerprint density at radius 3 is 2.53 bits per heavy atom. The van der Waals surface area contributed by atoms with E-state index in [0.29, 0.717) is 0 Å². The van der Waals surface area contributed by atoms with Gasteiger partial charge in [-0.1, -0.05) is 43.7 Å². The van der Waals surface area contributed by atoms with Gasteiger partial charge in [-0.15, -0.1) is 0 Å². The Morgan fingerprint density at radius 2 is 2.00 bits per heavy atom. The Bertz CT molecular complexity index is 415. The van der Waals surface area contributed by atoms with E-state index < -0.39 is 10.8 Å². The van der Waals surface area contributed by atoms with E-state index in [0.717, 1.165) is 29.7 Å². The summed E-state index contributed by atoms with van der Waals surface area (Å²) in [7, 11) is -1.06. The van der Waals surface area contributed by atoms with E-state index in [1.807, 2.05) is 42.7 Å². The lowest BCUT2D eigenvalue weighted by Crippen LogP contribution is -1.89. The highest BCUT2D eigenvalue weighted by atomic mass is 32.2. The minimum Gasteiger partial charge on any atom is -0.250 e. The van der Waals surface area contributed by atoms with Crippen molar-refractivity contribution in [2.75, 3.05) is 0 Å². The lowest BCUT2D eigenvalue weighted by atomic mass is 10.1. The summed E-state index contributed by atoms with van der Waals surface area (Å²) in [6, 6.07) is 7.81. The lowest BCUT2D eigenvalue weighted by molar-refractivity contribution is 0.688. The van der Waals surface area contributed by atoms with Gasteiger partial charge in [0.2, 0.25) is 0 Å². The molecule has 0 bridgehead atoms. The molecule has 0 spiro atoms. The molecule has 0 saturated carbocycles. The van der Waals surface area contributed by atoms with Gasteiger partial charge in [-0.3, -0.25) is 0 Å². The van der Waals surface area contributed by atoms with Gasteiger partial charge in [-0.25, -0.2) is 4.21 Å². The molecule has 0 aliphatic carbocycles. The van der Waals surface area contributed by atoms with Crippen molar-refractivity contribution in [3.8, 4) is 0 Å². The number of hydrogen-bond donors (Lipinski definition) is 0. The fourth-order valence-corrected chi connectivity index (χ4v) is 2.50. The Labute approximate surface area is 107 Å². The van der Waals surface area contributed by atoms with Crippen molar-refractivity contribution in [3.05, 3.63) is 53.5 Å². The molecule has 0 radical (unpaired) electrons. The first-order valence-corrected chi connectivity index (χ1v) is 7.19. The number of aryl methyl sites for hydroxylation is 1. The molecule has 2 heteroatoms. The third-order valence-corrected chi connectivity index (χ3v) is 3.85. The molecule has 1 rings (SSSR count). The van der Waals surface area contributed by atoms with Crippen LogP contribution in [0, 0.1) is 6.92 Å². The molecule has 0 aliphatic heterocycles. The average Bonchev–Trinajstić information content (AvgIpc) is 2.35. The average molecular weight is 248 g/mol. The third-order valence-electron chi connectivity index (χ3n) is 2.59. The Balaban J connectivity index is 2.78. The maximum absolute atomic E-state index is 12.1. The van der Waals surface area contributed by atoms with Crippen LogP contribution in [0.5, 0.6) is 0 Å². The van der Waals surface area contributed by atoms with E-state index in [1.54, 1.807) is 0 Å². The quantitative estimate of drug-likeness (QED) is 0.683. The molecule has 0 N–H and O–H groups in total. The molecule has 0 aromatic heterocycles. The molecule has 92 valence electrons. The number of benzene rings is 1. The number of allylic oxidation sites excluding steroid dienone is 2. The minimum absolute atomic E-state index is 0.853. The summed E-state index contributed by atoms with van der Waals surface area (Å²) >= 11 is 0. The zero-order chi connectivity index (χ0) is 12.7. The van der Waals surface area contributed by atoms with Crippen molar-refractivity contribution in [2.45, 2.75) is 38.0 Å². The molecule has 17 heavy (non-hydrogen) atoms. The Hall–Kier alpha value is -1.15. The zero-order valence-electron chi connectivity index (χ0n) is 10.6. The topological polar surface area (TPSA) is 17.1 Å². The van der Waals surface area contributed by atoms with Gasteiger partial charge in [-0.05, 0) is 37.5 Å². The van der Waals surface area contributed by atoms with E-state index in [1.165, 1.54) is 5.56 Å². The predicted octanol–water partition coefficient (Wildman–Crippen LogP) is 4.36. The van der Waals surface area contributed by atoms with Gasteiger partial charge in [0.1, 0.15) is 0 Å². The fraction of sp³-hybridized carbons (Fsp3) is 0.333. The molecule has 0 amide bonds. The van der Waals surface area contributed by atoms with Crippen LogP contribution in [0.4, 0.5) is 0 Å². The first-order chi connectivity index (χ1) is 8.17.